The van der Waals surface area contributed by atoms with Crippen LogP contribution in [0.4, 0.5) is 4.39 Å². The Morgan fingerprint density at radius 2 is 1.75 bits per heavy atom. The van der Waals surface area contributed by atoms with Crippen molar-refractivity contribution in [3.8, 4) is 5.75 Å². The van der Waals surface area contributed by atoms with Crippen LogP contribution in [0.1, 0.15) is 20.8 Å². The molecular formula is C17H21FO2. The summed E-state index contributed by atoms with van der Waals surface area (Å²) in [6.07, 6.45) is -0.446. The van der Waals surface area contributed by atoms with E-state index in [0.717, 1.165) is 16.5 Å². The summed E-state index contributed by atoms with van der Waals surface area (Å²) in [7, 11) is 0. The predicted octanol–water partition coefficient (Wildman–Crippen LogP) is 4.37. The predicted molar refractivity (Wildman–Crippen MR) is 80.0 cm³/mol. The van der Waals surface area contributed by atoms with E-state index in [4.69, 9.17) is 9.47 Å². The minimum Gasteiger partial charge on any atom is -0.491 e. The van der Waals surface area contributed by atoms with Crippen molar-refractivity contribution >= 4 is 10.8 Å². The third-order valence-electron chi connectivity index (χ3n) is 3.43. The molecule has 0 saturated carbocycles. The summed E-state index contributed by atoms with van der Waals surface area (Å²) in [5, 5.41) is 2.22. The second-order valence-electron chi connectivity index (χ2n) is 5.40. The van der Waals surface area contributed by atoms with Gasteiger partial charge in [-0.1, -0.05) is 36.4 Å². The zero-order valence-electron chi connectivity index (χ0n) is 12.2. The first-order valence-electron chi connectivity index (χ1n) is 6.89. The molecule has 2 nitrogen and oxygen atoms in total. The van der Waals surface area contributed by atoms with Gasteiger partial charge in [0.25, 0.3) is 0 Å². The van der Waals surface area contributed by atoms with E-state index in [-0.39, 0.29) is 0 Å². The maximum absolute atomic E-state index is 13.6. The zero-order chi connectivity index (χ0) is 14.6. The van der Waals surface area contributed by atoms with Crippen molar-refractivity contribution in [2.24, 2.45) is 0 Å². The maximum Gasteiger partial charge on any atom is 0.131 e. The molecule has 2 rings (SSSR count). The Morgan fingerprint density at radius 1 is 1.05 bits per heavy atom. The summed E-state index contributed by atoms with van der Waals surface area (Å²) >= 11 is 0. The third-order valence-corrected chi connectivity index (χ3v) is 3.43. The Labute approximate surface area is 119 Å². The SMILES string of the molecule is CC(OCCOc1cccc2ccccc12)C(C)(C)F. The molecule has 0 saturated heterocycles. The maximum atomic E-state index is 13.6. The number of rotatable bonds is 6. The van der Waals surface area contributed by atoms with Gasteiger partial charge in [0.05, 0.1) is 12.7 Å². The first-order chi connectivity index (χ1) is 9.48. The summed E-state index contributed by atoms with van der Waals surface area (Å²) < 4.78 is 24.8. The fourth-order valence-corrected chi connectivity index (χ4v) is 1.90. The molecule has 108 valence electrons. The van der Waals surface area contributed by atoms with Crippen molar-refractivity contribution in [1.82, 2.24) is 0 Å². The Morgan fingerprint density at radius 3 is 2.50 bits per heavy atom. The molecule has 20 heavy (non-hydrogen) atoms. The van der Waals surface area contributed by atoms with Gasteiger partial charge in [0.2, 0.25) is 0 Å². The van der Waals surface area contributed by atoms with Gasteiger partial charge < -0.3 is 9.47 Å². The molecule has 0 bridgehead atoms. The van der Waals surface area contributed by atoms with Gasteiger partial charge in [-0.2, -0.15) is 0 Å². The average molecular weight is 276 g/mol. The van der Waals surface area contributed by atoms with Crippen LogP contribution in [-0.2, 0) is 4.74 Å². The van der Waals surface area contributed by atoms with Crippen molar-refractivity contribution < 1.29 is 13.9 Å². The van der Waals surface area contributed by atoms with Crippen molar-refractivity contribution in [2.75, 3.05) is 13.2 Å². The molecule has 0 aliphatic carbocycles. The van der Waals surface area contributed by atoms with Crippen LogP contribution in [0.2, 0.25) is 0 Å². The van der Waals surface area contributed by atoms with Crippen LogP contribution in [0, 0.1) is 0 Å². The third kappa shape index (κ3) is 3.70. The second-order valence-corrected chi connectivity index (χ2v) is 5.40. The van der Waals surface area contributed by atoms with E-state index >= 15 is 0 Å². The molecule has 1 atom stereocenters. The van der Waals surface area contributed by atoms with E-state index in [2.05, 4.69) is 0 Å². The van der Waals surface area contributed by atoms with Gasteiger partial charge in [-0.3, -0.25) is 0 Å². The number of ether oxygens (including phenoxy) is 2. The van der Waals surface area contributed by atoms with Crippen molar-refractivity contribution in [3.63, 3.8) is 0 Å². The number of fused-ring (bicyclic) bond motifs is 1. The number of hydrogen-bond donors (Lipinski definition) is 0. The van der Waals surface area contributed by atoms with Crippen molar-refractivity contribution in [1.29, 1.82) is 0 Å². The van der Waals surface area contributed by atoms with Gasteiger partial charge in [0.1, 0.15) is 18.0 Å². The van der Waals surface area contributed by atoms with Crippen LogP contribution < -0.4 is 4.74 Å². The van der Waals surface area contributed by atoms with Gasteiger partial charge >= 0.3 is 0 Å². The lowest BCUT2D eigenvalue weighted by molar-refractivity contribution is -0.0400. The standard InChI is InChI=1S/C17H21FO2/c1-13(17(2,3)18)19-11-12-20-16-10-6-8-14-7-4-5-9-15(14)16/h4-10,13H,11-12H2,1-3H3. The Balaban J connectivity index is 1.91. The van der Waals surface area contributed by atoms with Crippen LogP contribution in [0.25, 0.3) is 10.8 Å². The fourth-order valence-electron chi connectivity index (χ4n) is 1.90. The highest BCUT2D eigenvalue weighted by atomic mass is 19.1. The second kappa shape index (κ2) is 6.23. The van der Waals surface area contributed by atoms with Gasteiger partial charge in [0, 0.05) is 5.39 Å². The monoisotopic (exact) mass is 276 g/mol. The van der Waals surface area contributed by atoms with E-state index in [1.54, 1.807) is 6.92 Å². The summed E-state index contributed by atoms with van der Waals surface area (Å²) in [6, 6.07) is 14.0. The smallest absolute Gasteiger partial charge is 0.131 e. The summed E-state index contributed by atoms with van der Waals surface area (Å²) in [5.74, 6) is 0.832. The molecule has 2 aromatic rings. The molecule has 2 aromatic carbocycles. The van der Waals surface area contributed by atoms with Gasteiger partial charge in [0.15, 0.2) is 0 Å². The molecule has 0 radical (unpaired) electrons. The fraction of sp³-hybridized carbons (Fsp3) is 0.412. The van der Waals surface area contributed by atoms with Gasteiger partial charge in [-0.15, -0.1) is 0 Å². The van der Waals surface area contributed by atoms with Crippen LogP contribution in [-0.4, -0.2) is 25.0 Å². The van der Waals surface area contributed by atoms with Crippen LogP contribution >= 0.6 is 0 Å². The summed E-state index contributed by atoms with van der Waals surface area (Å²) in [6.45, 7) is 5.55. The molecule has 0 spiro atoms. The molecular weight excluding hydrogens is 255 g/mol. The molecule has 0 N–H and O–H groups in total. The molecule has 0 aromatic heterocycles. The topological polar surface area (TPSA) is 18.5 Å². The largest absolute Gasteiger partial charge is 0.491 e. The molecule has 3 heteroatoms. The minimum absolute atomic E-state index is 0.373. The Hall–Kier alpha value is -1.61. The molecule has 0 aliphatic rings. The highest BCUT2D eigenvalue weighted by Crippen LogP contribution is 2.25. The zero-order valence-corrected chi connectivity index (χ0v) is 12.2. The van der Waals surface area contributed by atoms with Gasteiger partial charge in [-0.25, -0.2) is 4.39 Å². The van der Waals surface area contributed by atoms with Crippen LogP contribution in [0.3, 0.4) is 0 Å². The average Bonchev–Trinajstić information content (AvgIpc) is 2.42. The summed E-state index contributed by atoms with van der Waals surface area (Å²) in [5.41, 5.74) is -1.33. The lowest BCUT2D eigenvalue weighted by atomic mass is 10.1. The molecule has 0 aliphatic heterocycles. The number of halogens is 1. The van der Waals surface area contributed by atoms with E-state index in [1.165, 1.54) is 13.8 Å². The number of alkyl halides is 1. The van der Waals surface area contributed by atoms with Crippen LogP contribution in [0.5, 0.6) is 5.75 Å². The quantitative estimate of drug-likeness (QED) is 0.729. The first kappa shape index (κ1) is 14.8. The molecule has 0 heterocycles. The molecule has 0 amide bonds. The van der Waals surface area contributed by atoms with Crippen molar-refractivity contribution in [2.45, 2.75) is 32.5 Å². The van der Waals surface area contributed by atoms with Gasteiger partial charge in [-0.05, 0) is 32.2 Å². The molecule has 0 fully saturated rings. The van der Waals surface area contributed by atoms with E-state index in [9.17, 15) is 4.39 Å². The number of benzene rings is 2. The normalized spacial score (nSPS) is 13.4. The van der Waals surface area contributed by atoms with E-state index in [1.807, 2.05) is 42.5 Å². The van der Waals surface area contributed by atoms with Crippen LogP contribution in [0.15, 0.2) is 42.5 Å². The van der Waals surface area contributed by atoms with E-state index < -0.39 is 11.8 Å². The lowest BCUT2D eigenvalue weighted by Gasteiger charge is -2.23. The summed E-state index contributed by atoms with van der Waals surface area (Å²) in [4.78, 5) is 0. The highest BCUT2D eigenvalue weighted by molar-refractivity contribution is 5.88. The number of hydrogen-bond acceptors (Lipinski definition) is 2. The Bertz CT molecular complexity index is 555. The highest BCUT2D eigenvalue weighted by Gasteiger charge is 2.25. The van der Waals surface area contributed by atoms with Crippen molar-refractivity contribution in [3.05, 3.63) is 42.5 Å². The minimum atomic E-state index is -1.33. The lowest BCUT2D eigenvalue weighted by Crippen LogP contribution is -2.32. The Kier molecular flexibility index (Phi) is 4.61. The first-order valence-corrected chi connectivity index (χ1v) is 6.89. The molecule has 1 unspecified atom stereocenters. The van der Waals surface area contributed by atoms with E-state index in [0.29, 0.717) is 13.2 Å².